The highest BCUT2D eigenvalue weighted by Gasteiger charge is 2.15. The van der Waals surface area contributed by atoms with Gasteiger partial charge in [0.05, 0.1) is 6.54 Å². The Kier molecular flexibility index (Phi) is 5.53. The van der Waals surface area contributed by atoms with Crippen molar-refractivity contribution in [2.24, 2.45) is 4.99 Å². The molecule has 1 rings (SSSR count). The number of amidine groups is 1. The van der Waals surface area contributed by atoms with E-state index >= 15 is 0 Å². The molecule has 2 N–H and O–H groups in total. The van der Waals surface area contributed by atoms with Crippen LogP contribution in [0.3, 0.4) is 0 Å². The zero-order chi connectivity index (χ0) is 11.1. The number of thioether (sulfide) groups is 1. The smallest absolute Gasteiger partial charge is 0.221 e. The molecule has 1 heterocycles. The average Bonchev–Trinajstić information content (AvgIpc) is 2.29. The summed E-state index contributed by atoms with van der Waals surface area (Å²) in [5, 5.41) is 6.96. The van der Waals surface area contributed by atoms with E-state index in [2.05, 4.69) is 22.5 Å². The van der Waals surface area contributed by atoms with E-state index in [-0.39, 0.29) is 5.91 Å². The van der Waals surface area contributed by atoms with Gasteiger partial charge in [-0.05, 0) is 12.8 Å². The van der Waals surface area contributed by atoms with E-state index in [0.29, 0.717) is 19.0 Å². The standard InChI is InChI=1S/C10H19N3OS/c1-3-8-5-7-15-10(13-8)12-6-4-9(14)11-2/h8H,3-7H2,1-2H3,(H,11,14)(H,12,13). The number of carbonyl (C=O) groups is 1. The summed E-state index contributed by atoms with van der Waals surface area (Å²) in [6.45, 7) is 2.75. The van der Waals surface area contributed by atoms with Crippen LogP contribution in [0.25, 0.3) is 0 Å². The van der Waals surface area contributed by atoms with Crippen molar-refractivity contribution >= 4 is 22.8 Å². The monoisotopic (exact) mass is 229 g/mol. The molecule has 4 nitrogen and oxygen atoms in total. The summed E-state index contributed by atoms with van der Waals surface area (Å²) in [7, 11) is 1.65. The van der Waals surface area contributed by atoms with Crippen LogP contribution in [-0.4, -0.2) is 36.5 Å². The summed E-state index contributed by atoms with van der Waals surface area (Å²) in [6.07, 6.45) is 2.81. The fraction of sp³-hybridized carbons (Fsp3) is 0.800. The van der Waals surface area contributed by atoms with Gasteiger partial charge in [-0.15, -0.1) is 0 Å². The lowest BCUT2D eigenvalue weighted by Gasteiger charge is -2.24. The fourth-order valence-corrected chi connectivity index (χ4v) is 2.40. The molecule has 1 saturated heterocycles. The SMILES string of the molecule is CCC1CCSC(=NCCC(=O)NC)N1. The Labute approximate surface area is 95.3 Å². The third kappa shape index (κ3) is 4.55. The van der Waals surface area contributed by atoms with Crippen LogP contribution in [0.5, 0.6) is 0 Å². The van der Waals surface area contributed by atoms with Crippen LogP contribution in [-0.2, 0) is 4.79 Å². The van der Waals surface area contributed by atoms with Crippen molar-refractivity contribution in [1.29, 1.82) is 0 Å². The molecule has 1 aliphatic rings. The molecule has 0 saturated carbocycles. The number of nitrogens with one attached hydrogen (secondary N) is 2. The van der Waals surface area contributed by atoms with Crippen molar-refractivity contribution in [2.75, 3.05) is 19.3 Å². The Balaban J connectivity index is 2.29. The summed E-state index contributed by atoms with van der Waals surface area (Å²) in [5.41, 5.74) is 0. The molecule has 86 valence electrons. The van der Waals surface area contributed by atoms with E-state index in [1.54, 1.807) is 18.8 Å². The first-order valence-corrected chi connectivity index (χ1v) is 6.39. The number of hydrogen-bond acceptors (Lipinski definition) is 3. The second-order valence-electron chi connectivity index (χ2n) is 3.50. The molecule has 0 spiro atoms. The maximum Gasteiger partial charge on any atom is 0.221 e. The van der Waals surface area contributed by atoms with E-state index in [1.807, 2.05) is 0 Å². The normalized spacial score (nSPS) is 23.6. The molecule has 0 aromatic heterocycles. The van der Waals surface area contributed by atoms with Crippen molar-refractivity contribution in [3.05, 3.63) is 0 Å². The highest BCUT2D eigenvalue weighted by molar-refractivity contribution is 8.13. The lowest BCUT2D eigenvalue weighted by atomic mass is 10.2. The predicted molar refractivity (Wildman–Crippen MR) is 65.3 cm³/mol. The minimum Gasteiger partial charge on any atom is -0.362 e. The van der Waals surface area contributed by atoms with Gasteiger partial charge in [-0.1, -0.05) is 18.7 Å². The van der Waals surface area contributed by atoms with E-state index in [4.69, 9.17) is 0 Å². The molecular formula is C10H19N3OS. The number of rotatable bonds is 4. The summed E-state index contributed by atoms with van der Waals surface area (Å²) < 4.78 is 0. The van der Waals surface area contributed by atoms with Crippen LogP contribution in [0.4, 0.5) is 0 Å². The van der Waals surface area contributed by atoms with Crippen molar-refractivity contribution in [3.63, 3.8) is 0 Å². The summed E-state index contributed by atoms with van der Waals surface area (Å²) >= 11 is 1.75. The Bertz CT molecular complexity index is 243. The molecule has 1 atom stereocenters. The van der Waals surface area contributed by atoms with Gasteiger partial charge in [0.2, 0.25) is 5.91 Å². The molecule has 1 unspecified atom stereocenters. The number of nitrogens with zero attached hydrogens (tertiary/aromatic N) is 1. The average molecular weight is 229 g/mol. The predicted octanol–water partition coefficient (Wildman–Crippen LogP) is 0.984. The fourth-order valence-electron chi connectivity index (χ4n) is 1.37. The van der Waals surface area contributed by atoms with E-state index in [1.165, 1.54) is 6.42 Å². The largest absolute Gasteiger partial charge is 0.362 e. The molecular weight excluding hydrogens is 210 g/mol. The van der Waals surface area contributed by atoms with Gasteiger partial charge in [-0.3, -0.25) is 9.79 Å². The number of carbonyl (C=O) groups excluding carboxylic acids is 1. The van der Waals surface area contributed by atoms with Crippen molar-refractivity contribution < 1.29 is 4.79 Å². The van der Waals surface area contributed by atoms with Crippen LogP contribution in [0.2, 0.25) is 0 Å². The summed E-state index contributed by atoms with van der Waals surface area (Å²) in [5.74, 6) is 1.18. The molecule has 0 bridgehead atoms. The lowest BCUT2D eigenvalue weighted by Crippen LogP contribution is -2.37. The highest BCUT2D eigenvalue weighted by atomic mass is 32.2. The van der Waals surface area contributed by atoms with Gasteiger partial charge >= 0.3 is 0 Å². The van der Waals surface area contributed by atoms with Crippen LogP contribution in [0.1, 0.15) is 26.2 Å². The maximum absolute atomic E-state index is 11.0. The quantitative estimate of drug-likeness (QED) is 0.755. The summed E-state index contributed by atoms with van der Waals surface area (Å²) in [4.78, 5) is 15.3. The molecule has 0 aromatic carbocycles. The van der Waals surface area contributed by atoms with Gasteiger partial charge < -0.3 is 10.6 Å². The molecule has 1 aliphatic heterocycles. The van der Waals surface area contributed by atoms with E-state index in [0.717, 1.165) is 17.3 Å². The van der Waals surface area contributed by atoms with Gasteiger partial charge in [-0.2, -0.15) is 0 Å². The van der Waals surface area contributed by atoms with Crippen LogP contribution >= 0.6 is 11.8 Å². The van der Waals surface area contributed by atoms with Crippen molar-refractivity contribution in [3.8, 4) is 0 Å². The number of aliphatic imine (C=N–C) groups is 1. The first-order valence-electron chi connectivity index (χ1n) is 5.40. The number of hydrogen-bond donors (Lipinski definition) is 2. The minimum atomic E-state index is 0.0483. The Morgan fingerprint density at radius 2 is 2.53 bits per heavy atom. The van der Waals surface area contributed by atoms with Crippen LogP contribution in [0, 0.1) is 0 Å². The first kappa shape index (κ1) is 12.4. The Morgan fingerprint density at radius 3 is 3.20 bits per heavy atom. The Morgan fingerprint density at radius 1 is 1.73 bits per heavy atom. The molecule has 5 heteroatoms. The van der Waals surface area contributed by atoms with Gasteiger partial charge in [0.25, 0.3) is 0 Å². The minimum absolute atomic E-state index is 0.0483. The molecule has 1 amide bonds. The second kappa shape index (κ2) is 6.71. The van der Waals surface area contributed by atoms with Crippen molar-refractivity contribution in [2.45, 2.75) is 32.2 Å². The topological polar surface area (TPSA) is 53.5 Å². The molecule has 0 radical (unpaired) electrons. The Hall–Kier alpha value is -0.710. The van der Waals surface area contributed by atoms with Gasteiger partial charge in [0, 0.05) is 25.3 Å². The van der Waals surface area contributed by atoms with Gasteiger partial charge in [-0.25, -0.2) is 0 Å². The van der Waals surface area contributed by atoms with E-state index < -0.39 is 0 Å². The molecule has 0 aliphatic carbocycles. The molecule has 0 aromatic rings. The van der Waals surface area contributed by atoms with Gasteiger partial charge in [0.15, 0.2) is 5.17 Å². The van der Waals surface area contributed by atoms with E-state index in [9.17, 15) is 4.79 Å². The maximum atomic E-state index is 11.0. The van der Waals surface area contributed by atoms with Crippen LogP contribution in [0.15, 0.2) is 4.99 Å². The second-order valence-corrected chi connectivity index (χ2v) is 4.58. The molecule has 15 heavy (non-hydrogen) atoms. The van der Waals surface area contributed by atoms with Crippen molar-refractivity contribution in [1.82, 2.24) is 10.6 Å². The van der Waals surface area contributed by atoms with Crippen LogP contribution < -0.4 is 10.6 Å². The lowest BCUT2D eigenvalue weighted by molar-refractivity contribution is -0.120. The third-order valence-corrected chi connectivity index (χ3v) is 3.36. The number of amides is 1. The zero-order valence-electron chi connectivity index (χ0n) is 9.38. The molecule has 1 fully saturated rings. The highest BCUT2D eigenvalue weighted by Crippen LogP contribution is 2.15. The third-order valence-electron chi connectivity index (χ3n) is 2.40. The van der Waals surface area contributed by atoms with Gasteiger partial charge in [0.1, 0.15) is 0 Å². The summed E-state index contributed by atoms with van der Waals surface area (Å²) in [6, 6.07) is 0.560. The first-order chi connectivity index (χ1) is 7.26. The zero-order valence-corrected chi connectivity index (χ0v) is 10.2.